The van der Waals surface area contributed by atoms with E-state index in [2.05, 4.69) is 21.3 Å². The minimum Gasteiger partial charge on any atom is -0.455 e. The molecule has 0 heterocycles. The molecular weight excluding hydrogens is 236 g/mol. The first-order chi connectivity index (χ1) is 8.70. The van der Waals surface area contributed by atoms with E-state index in [0.717, 1.165) is 0 Å². The Labute approximate surface area is 104 Å². The molecule has 0 amide bonds. The molecule has 0 bridgehead atoms. The zero-order valence-corrected chi connectivity index (χ0v) is 9.36. The molecule has 0 saturated carbocycles. The number of esters is 2. The molecule has 6 heteroatoms. The summed E-state index contributed by atoms with van der Waals surface area (Å²) in [6.07, 6.45) is 0.175. The molecule has 0 fully saturated rings. The zero-order valence-electron chi connectivity index (χ0n) is 9.36. The van der Waals surface area contributed by atoms with Crippen LogP contribution in [0.4, 0.5) is 0 Å². The maximum absolute atomic E-state index is 10.8. The van der Waals surface area contributed by atoms with Gasteiger partial charge in [-0.2, -0.15) is 10.5 Å². The quantitative estimate of drug-likeness (QED) is 0.296. The Bertz CT molecular complexity index is 455. The van der Waals surface area contributed by atoms with E-state index >= 15 is 0 Å². The average molecular weight is 244 g/mol. The van der Waals surface area contributed by atoms with E-state index in [4.69, 9.17) is 10.5 Å². The Morgan fingerprint density at radius 2 is 1.22 bits per heavy atom. The average Bonchev–Trinajstić information content (AvgIpc) is 2.35. The van der Waals surface area contributed by atoms with E-state index in [1.54, 1.807) is 12.1 Å². The Balaban J connectivity index is 3.96. The van der Waals surface area contributed by atoms with Gasteiger partial charge < -0.3 is 9.47 Å². The number of carbonyl (C=O) groups is 2. The van der Waals surface area contributed by atoms with Gasteiger partial charge in [0, 0.05) is 11.8 Å². The van der Waals surface area contributed by atoms with Crippen LogP contribution in [-0.2, 0) is 19.1 Å². The third kappa shape index (κ3) is 9.59. The highest BCUT2D eigenvalue weighted by atomic mass is 16.5. The fraction of sp³-hybridized carbons (Fsp3) is 0.333. The predicted octanol–water partition coefficient (Wildman–Crippen LogP) is -0.0930. The van der Waals surface area contributed by atoms with Crippen LogP contribution in [0.2, 0.25) is 0 Å². The first kappa shape index (κ1) is 15.0. The SMILES string of the molecule is N#CCCOC(=O)C#CC#CC(=O)OCCC#N. The summed E-state index contributed by atoms with van der Waals surface area (Å²) in [5.74, 6) is 6.57. The van der Waals surface area contributed by atoms with Crippen LogP contribution in [0.1, 0.15) is 12.8 Å². The highest BCUT2D eigenvalue weighted by Crippen LogP contribution is 1.81. The molecule has 6 nitrogen and oxygen atoms in total. The highest BCUT2D eigenvalue weighted by molar-refractivity contribution is 5.91. The van der Waals surface area contributed by atoms with Gasteiger partial charge in [-0.3, -0.25) is 0 Å². The van der Waals surface area contributed by atoms with Gasteiger partial charge in [0.1, 0.15) is 13.2 Å². The van der Waals surface area contributed by atoms with Crippen molar-refractivity contribution in [2.24, 2.45) is 0 Å². The van der Waals surface area contributed by atoms with Gasteiger partial charge in [-0.25, -0.2) is 9.59 Å². The molecule has 0 rings (SSSR count). The highest BCUT2D eigenvalue weighted by Gasteiger charge is 1.95. The lowest BCUT2D eigenvalue weighted by Gasteiger charge is -1.92. The summed E-state index contributed by atoms with van der Waals surface area (Å²) in [4.78, 5) is 21.7. The number of nitriles is 2. The molecule has 0 aromatic heterocycles. The predicted molar refractivity (Wildman–Crippen MR) is 57.9 cm³/mol. The minimum absolute atomic E-state index is 0.0341. The van der Waals surface area contributed by atoms with Gasteiger partial charge in [0.05, 0.1) is 25.0 Å². The van der Waals surface area contributed by atoms with Crippen LogP contribution in [0.3, 0.4) is 0 Å². The maximum Gasteiger partial charge on any atom is 0.385 e. The maximum atomic E-state index is 10.8. The summed E-state index contributed by atoms with van der Waals surface area (Å²) in [7, 11) is 0. The Kier molecular flexibility index (Phi) is 8.82. The molecule has 0 saturated heterocycles. The van der Waals surface area contributed by atoms with Gasteiger partial charge in [-0.1, -0.05) is 0 Å². The summed E-state index contributed by atoms with van der Waals surface area (Å²) in [5, 5.41) is 16.3. The monoisotopic (exact) mass is 244 g/mol. The Morgan fingerprint density at radius 3 is 1.56 bits per heavy atom. The molecule has 0 aliphatic carbocycles. The molecule has 0 radical (unpaired) electrons. The first-order valence-electron chi connectivity index (χ1n) is 4.80. The third-order valence-corrected chi connectivity index (χ3v) is 1.29. The third-order valence-electron chi connectivity index (χ3n) is 1.29. The standard InChI is InChI=1S/C12H8N2O4/c13-7-3-9-17-11(15)5-1-2-6-12(16)18-10-4-8-14/h3-4,9-10H2. The minimum atomic E-state index is -0.822. The zero-order chi connectivity index (χ0) is 13.6. The van der Waals surface area contributed by atoms with Crippen molar-refractivity contribution in [3.8, 4) is 35.8 Å². The van der Waals surface area contributed by atoms with Crippen LogP contribution < -0.4 is 0 Å². The van der Waals surface area contributed by atoms with E-state index in [9.17, 15) is 9.59 Å². The van der Waals surface area contributed by atoms with Gasteiger partial charge >= 0.3 is 11.9 Å². The van der Waals surface area contributed by atoms with Gasteiger partial charge in [-0.05, 0) is 11.8 Å². The summed E-state index contributed by atoms with van der Waals surface area (Å²) in [5.41, 5.74) is 0. The number of rotatable bonds is 4. The van der Waals surface area contributed by atoms with Gasteiger partial charge in [0.2, 0.25) is 0 Å². The van der Waals surface area contributed by atoms with Gasteiger partial charge in [0.15, 0.2) is 0 Å². The van der Waals surface area contributed by atoms with Crippen molar-refractivity contribution >= 4 is 11.9 Å². The molecule has 0 N–H and O–H groups in total. The molecule has 0 spiro atoms. The lowest BCUT2D eigenvalue weighted by molar-refractivity contribution is -0.137. The molecule has 0 aliphatic rings. The Hall–Kier alpha value is -2.96. The second-order valence-electron chi connectivity index (χ2n) is 2.59. The van der Waals surface area contributed by atoms with Crippen LogP contribution in [0, 0.1) is 46.3 Å². The van der Waals surface area contributed by atoms with Crippen LogP contribution >= 0.6 is 0 Å². The van der Waals surface area contributed by atoms with Crippen molar-refractivity contribution in [1.82, 2.24) is 0 Å². The van der Waals surface area contributed by atoms with Gasteiger partial charge in [0.25, 0.3) is 0 Å². The molecule has 18 heavy (non-hydrogen) atoms. The van der Waals surface area contributed by atoms with E-state index in [1.165, 1.54) is 0 Å². The topological polar surface area (TPSA) is 100 Å². The normalized spacial score (nSPS) is 7.22. The number of ether oxygens (including phenoxy) is 2. The van der Waals surface area contributed by atoms with Crippen LogP contribution in [0.15, 0.2) is 0 Å². The Morgan fingerprint density at radius 1 is 0.833 bits per heavy atom. The summed E-state index contributed by atoms with van der Waals surface area (Å²) in [6, 6.07) is 3.58. The smallest absolute Gasteiger partial charge is 0.385 e. The molecule has 0 aliphatic heterocycles. The number of nitrogens with zero attached hydrogens (tertiary/aromatic N) is 2. The molecule has 0 aromatic rings. The fourth-order valence-corrected chi connectivity index (χ4v) is 0.615. The van der Waals surface area contributed by atoms with E-state index < -0.39 is 11.9 Å². The largest absolute Gasteiger partial charge is 0.455 e. The van der Waals surface area contributed by atoms with Gasteiger partial charge in [-0.15, -0.1) is 0 Å². The fourth-order valence-electron chi connectivity index (χ4n) is 0.615. The lowest BCUT2D eigenvalue weighted by atomic mass is 10.5. The number of hydrogen-bond donors (Lipinski definition) is 0. The molecular formula is C12H8N2O4. The summed E-state index contributed by atoms with van der Waals surface area (Å²) < 4.78 is 9.03. The number of hydrogen-bond acceptors (Lipinski definition) is 6. The van der Waals surface area contributed by atoms with E-state index in [-0.39, 0.29) is 26.1 Å². The van der Waals surface area contributed by atoms with Crippen molar-refractivity contribution in [3.63, 3.8) is 0 Å². The molecule has 0 unspecified atom stereocenters. The van der Waals surface area contributed by atoms with Crippen molar-refractivity contribution in [3.05, 3.63) is 0 Å². The summed E-state index contributed by atoms with van der Waals surface area (Å²) >= 11 is 0. The lowest BCUT2D eigenvalue weighted by Crippen LogP contribution is -2.02. The second kappa shape index (κ2) is 10.6. The first-order valence-corrected chi connectivity index (χ1v) is 4.80. The molecule has 0 aromatic carbocycles. The number of carbonyl (C=O) groups excluding carboxylic acids is 2. The van der Waals surface area contributed by atoms with Crippen molar-refractivity contribution < 1.29 is 19.1 Å². The summed E-state index contributed by atoms with van der Waals surface area (Å²) in [6.45, 7) is -0.0682. The van der Waals surface area contributed by atoms with Crippen molar-refractivity contribution in [2.75, 3.05) is 13.2 Å². The molecule has 0 atom stereocenters. The van der Waals surface area contributed by atoms with Crippen molar-refractivity contribution in [2.45, 2.75) is 12.8 Å². The van der Waals surface area contributed by atoms with Crippen LogP contribution in [0.5, 0.6) is 0 Å². The molecule has 90 valence electrons. The van der Waals surface area contributed by atoms with Crippen LogP contribution in [-0.4, -0.2) is 25.2 Å². The van der Waals surface area contributed by atoms with E-state index in [1.807, 2.05) is 11.8 Å². The second-order valence-corrected chi connectivity index (χ2v) is 2.59. The van der Waals surface area contributed by atoms with Crippen molar-refractivity contribution in [1.29, 1.82) is 10.5 Å². The van der Waals surface area contributed by atoms with E-state index in [0.29, 0.717) is 0 Å². The van der Waals surface area contributed by atoms with Crippen LogP contribution in [0.25, 0.3) is 0 Å².